The van der Waals surface area contributed by atoms with E-state index >= 15 is 0 Å². The molecule has 0 saturated carbocycles. The number of anilines is 1. The summed E-state index contributed by atoms with van der Waals surface area (Å²) in [6.45, 7) is 8.61. The largest absolute Gasteiger partial charge is 0.388 e. The van der Waals surface area contributed by atoms with Crippen molar-refractivity contribution in [1.29, 1.82) is 0 Å². The van der Waals surface area contributed by atoms with Gasteiger partial charge in [0.2, 0.25) is 0 Å². The van der Waals surface area contributed by atoms with Crippen LogP contribution in [0.15, 0.2) is 6.20 Å². The Hall–Kier alpha value is -0.610. The van der Waals surface area contributed by atoms with Crippen LogP contribution in [0, 0.1) is 5.41 Å². The van der Waals surface area contributed by atoms with Crippen molar-refractivity contribution in [3.8, 4) is 0 Å². The summed E-state index contributed by atoms with van der Waals surface area (Å²) >= 11 is 1.61. The second-order valence-corrected chi connectivity index (χ2v) is 6.41. The molecule has 4 heteroatoms. The van der Waals surface area contributed by atoms with Crippen LogP contribution in [0.4, 0.5) is 5.13 Å². The Morgan fingerprint density at radius 1 is 1.44 bits per heavy atom. The molecule has 0 bridgehead atoms. The summed E-state index contributed by atoms with van der Waals surface area (Å²) in [6, 6.07) is 0. The van der Waals surface area contributed by atoms with Crippen LogP contribution in [-0.4, -0.2) is 23.2 Å². The minimum atomic E-state index is -0.396. The molecule has 1 aliphatic heterocycles. The Morgan fingerprint density at radius 2 is 2.06 bits per heavy atom. The molecule has 1 aliphatic rings. The molecule has 90 valence electrons. The molecule has 1 atom stereocenters. The minimum Gasteiger partial charge on any atom is -0.388 e. The molecule has 0 radical (unpaired) electrons. The normalized spacial score (nSPS) is 22.1. The SMILES string of the molecule is CC(O)c1cnc(N2CCC(C)(C)CC2)s1. The molecule has 0 aliphatic carbocycles. The average Bonchev–Trinajstić information content (AvgIpc) is 2.66. The van der Waals surface area contributed by atoms with Crippen molar-refractivity contribution < 1.29 is 5.11 Å². The molecule has 1 N–H and O–H groups in total. The van der Waals surface area contributed by atoms with E-state index in [9.17, 15) is 5.11 Å². The molecule has 0 spiro atoms. The number of aromatic nitrogens is 1. The second-order valence-electron chi connectivity index (χ2n) is 5.37. The van der Waals surface area contributed by atoms with Crippen molar-refractivity contribution in [3.63, 3.8) is 0 Å². The van der Waals surface area contributed by atoms with E-state index in [0.29, 0.717) is 5.41 Å². The van der Waals surface area contributed by atoms with Gasteiger partial charge in [-0.2, -0.15) is 0 Å². The van der Waals surface area contributed by atoms with E-state index in [1.807, 2.05) is 0 Å². The summed E-state index contributed by atoms with van der Waals surface area (Å²) in [4.78, 5) is 7.69. The van der Waals surface area contributed by atoms with Crippen molar-refractivity contribution >= 4 is 16.5 Å². The lowest BCUT2D eigenvalue weighted by molar-refractivity contribution is 0.203. The molecule has 3 nitrogen and oxygen atoms in total. The average molecular weight is 240 g/mol. The third kappa shape index (κ3) is 2.55. The van der Waals surface area contributed by atoms with E-state index in [2.05, 4.69) is 23.7 Å². The Bertz CT molecular complexity index is 350. The summed E-state index contributed by atoms with van der Waals surface area (Å²) in [5, 5.41) is 10.5. The third-order valence-electron chi connectivity index (χ3n) is 3.31. The lowest BCUT2D eigenvalue weighted by Gasteiger charge is -2.36. The van der Waals surface area contributed by atoms with Crippen LogP contribution in [0.5, 0.6) is 0 Å². The molecule has 0 amide bonds. The highest BCUT2D eigenvalue weighted by Crippen LogP contribution is 2.34. The van der Waals surface area contributed by atoms with Crippen molar-refractivity contribution in [1.82, 2.24) is 4.98 Å². The molecule has 0 aromatic carbocycles. The van der Waals surface area contributed by atoms with Gasteiger partial charge in [0.05, 0.1) is 11.0 Å². The quantitative estimate of drug-likeness (QED) is 0.863. The molecule has 16 heavy (non-hydrogen) atoms. The van der Waals surface area contributed by atoms with Gasteiger partial charge >= 0.3 is 0 Å². The molecule has 2 rings (SSSR count). The maximum atomic E-state index is 9.47. The van der Waals surface area contributed by atoms with Gasteiger partial charge in [0.25, 0.3) is 0 Å². The number of aliphatic hydroxyl groups excluding tert-OH is 1. The lowest BCUT2D eigenvalue weighted by atomic mass is 9.83. The Labute approximate surface area is 101 Å². The molecule has 1 fully saturated rings. The van der Waals surface area contributed by atoms with Gasteiger partial charge in [0.15, 0.2) is 5.13 Å². The maximum Gasteiger partial charge on any atom is 0.185 e. The van der Waals surface area contributed by atoms with Crippen LogP contribution in [0.3, 0.4) is 0 Å². The van der Waals surface area contributed by atoms with E-state index in [-0.39, 0.29) is 0 Å². The molecular formula is C12H20N2OS. The highest BCUT2D eigenvalue weighted by Gasteiger charge is 2.26. The minimum absolute atomic E-state index is 0.396. The topological polar surface area (TPSA) is 36.4 Å². The first-order valence-electron chi connectivity index (χ1n) is 5.87. The van der Waals surface area contributed by atoms with Crippen LogP contribution in [0.1, 0.15) is 44.6 Å². The molecule has 1 aromatic heterocycles. The van der Waals surface area contributed by atoms with Gasteiger partial charge in [-0.15, -0.1) is 0 Å². The standard InChI is InChI=1S/C12H20N2OS/c1-9(15)10-8-13-11(16-10)14-6-4-12(2,3)5-7-14/h8-9,15H,4-7H2,1-3H3. The fraction of sp³-hybridized carbons (Fsp3) is 0.750. The van der Waals surface area contributed by atoms with Crippen molar-refractivity contribution in [2.45, 2.75) is 39.7 Å². The fourth-order valence-electron chi connectivity index (χ4n) is 1.92. The smallest absolute Gasteiger partial charge is 0.185 e. The van der Waals surface area contributed by atoms with Gasteiger partial charge in [-0.05, 0) is 25.2 Å². The Morgan fingerprint density at radius 3 is 2.56 bits per heavy atom. The number of rotatable bonds is 2. The highest BCUT2D eigenvalue weighted by atomic mass is 32.1. The van der Waals surface area contributed by atoms with Crippen molar-refractivity contribution in [3.05, 3.63) is 11.1 Å². The summed E-state index contributed by atoms with van der Waals surface area (Å²) < 4.78 is 0. The Kier molecular flexibility index (Phi) is 3.22. The zero-order valence-electron chi connectivity index (χ0n) is 10.2. The van der Waals surface area contributed by atoms with Crippen LogP contribution >= 0.6 is 11.3 Å². The summed E-state index contributed by atoms with van der Waals surface area (Å²) in [5.41, 5.74) is 0.473. The van der Waals surface area contributed by atoms with Gasteiger partial charge in [-0.1, -0.05) is 25.2 Å². The van der Waals surface area contributed by atoms with E-state index < -0.39 is 6.10 Å². The first-order chi connectivity index (χ1) is 7.48. The fourth-order valence-corrected chi connectivity index (χ4v) is 2.82. The predicted octanol–water partition coefficient (Wildman–Crippen LogP) is 2.82. The Balaban J connectivity index is 2.03. The van der Waals surface area contributed by atoms with Gasteiger partial charge in [0, 0.05) is 19.3 Å². The van der Waals surface area contributed by atoms with Crippen LogP contribution < -0.4 is 4.90 Å². The van der Waals surface area contributed by atoms with Gasteiger partial charge in [-0.3, -0.25) is 0 Å². The number of aliphatic hydroxyl groups is 1. The first-order valence-corrected chi connectivity index (χ1v) is 6.68. The lowest BCUT2D eigenvalue weighted by Crippen LogP contribution is -2.37. The number of hydrogen-bond donors (Lipinski definition) is 1. The molecule has 1 unspecified atom stereocenters. The molecule has 1 aromatic rings. The predicted molar refractivity (Wildman–Crippen MR) is 68.0 cm³/mol. The number of hydrogen-bond acceptors (Lipinski definition) is 4. The van der Waals surface area contributed by atoms with Crippen molar-refractivity contribution in [2.75, 3.05) is 18.0 Å². The highest BCUT2D eigenvalue weighted by molar-refractivity contribution is 7.15. The van der Waals surface area contributed by atoms with Crippen LogP contribution in [-0.2, 0) is 0 Å². The monoisotopic (exact) mass is 240 g/mol. The van der Waals surface area contributed by atoms with E-state index in [1.165, 1.54) is 12.8 Å². The zero-order valence-corrected chi connectivity index (χ0v) is 11.0. The number of thiazole rings is 1. The summed E-state index contributed by atoms with van der Waals surface area (Å²) in [6.07, 6.45) is 3.84. The van der Waals surface area contributed by atoms with Gasteiger partial charge < -0.3 is 10.0 Å². The second kappa shape index (κ2) is 4.34. The molecular weight excluding hydrogens is 220 g/mol. The van der Waals surface area contributed by atoms with E-state index in [1.54, 1.807) is 24.5 Å². The third-order valence-corrected chi connectivity index (χ3v) is 4.54. The van der Waals surface area contributed by atoms with E-state index in [0.717, 1.165) is 23.1 Å². The summed E-state index contributed by atoms with van der Waals surface area (Å²) in [7, 11) is 0. The van der Waals surface area contributed by atoms with E-state index in [4.69, 9.17) is 0 Å². The van der Waals surface area contributed by atoms with Crippen LogP contribution in [0.25, 0.3) is 0 Å². The number of nitrogens with zero attached hydrogens (tertiary/aromatic N) is 2. The molecule has 2 heterocycles. The van der Waals surface area contributed by atoms with Gasteiger partial charge in [0.1, 0.15) is 0 Å². The summed E-state index contributed by atoms with van der Waals surface area (Å²) in [5.74, 6) is 0. The zero-order chi connectivity index (χ0) is 11.8. The van der Waals surface area contributed by atoms with Crippen LogP contribution in [0.2, 0.25) is 0 Å². The first kappa shape index (κ1) is 11.9. The molecule has 1 saturated heterocycles. The van der Waals surface area contributed by atoms with Crippen molar-refractivity contribution in [2.24, 2.45) is 5.41 Å². The maximum absolute atomic E-state index is 9.47. The van der Waals surface area contributed by atoms with Gasteiger partial charge in [-0.25, -0.2) is 4.98 Å². The number of piperidine rings is 1.